The Bertz CT molecular complexity index is 825. The van der Waals surface area contributed by atoms with Gasteiger partial charge in [0.1, 0.15) is 0 Å². The summed E-state index contributed by atoms with van der Waals surface area (Å²) in [4.78, 5) is 24.0. The molecule has 0 radical (unpaired) electrons. The summed E-state index contributed by atoms with van der Waals surface area (Å²) in [5.41, 5.74) is 2.05. The number of hydrogen-bond donors (Lipinski definition) is 2. The molecule has 27 heavy (non-hydrogen) atoms. The van der Waals surface area contributed by atoms with Crippen molar-refractivity contribution in [2.75, 3.05) is 0 Å². The average molecular weight is 369 g/mol. The number of carbonyl (C=O) groups is 2. The Morgan fingerprint density at radius 2 is 1.74 bits per heavy atom. The van der Waals surface area contributed by atoms with Crippen molar-refractivity contribution in [1.29, 1.82) is 0 Å². The lowest BCUT2D eigenvalue weighted by Crippen LogP contribution is -2.37. The summed E-state index contributed by atoms with van der Waals surface area (Å²) in [5.74, 6) is -1.05. The third kappa shape index (κ3) is 4.21. The number of aromatic carboxylic acids is 1. The molecule has 0 bridgehead atoms. The van der Waals surface area contributed by atoms with E-state index in [1.165, 1.54) is 6.42 Å². The molecule has 0 spiro atoms. The van der Waals surface area contributed by atoms with Crippen molar-refractivity contribution >= 4 is 11.9 Å². The molecule has 1 aromatic heterocycles. The maximum absolute atomic E-state index is 12.9. The second-order valence-corrected chi connectivity index (χ2v) is 8.23. The summed E-state index contributed by atoms with van der Waals surface area (Å²) >= 11 is 0. The van der Waals surface area contributed by atoms with Crippen molar-refractivity contribution < 1.29 is 14.7 Å². The summed E-state index contributed by atoms with van der Waals surface area (Å²) in [6.45, 7) is 6.14. The van der Waals surface area contributed by atoms with Crippen molar-refractivity contribution in [1.82, 2.24) is 15.1 Å². The summed E-state index contributed by atoms with van der Waals surface area (Å²) in [6, 6.07) is 6.77. The maximum Gasteiger partial charge on any atom is 0.335 e. The van der Waals surface area contributed by atoms with Crippen LogP contribution in [-0.4, -0.2) is 32.8 Å². The predicted molar refractivity (Wildman–Crippen MR) is 104 cm³/mol. The van der Waals surface area contributed by atoms with Crippen LogP contribution in [0.25, 0.3) is 5.69 Å². The van der Waals surface area contributed by atoms with Crippen LogP contribution in [0.3, 0.4) is 0 Å². The number of carboxylic acids is 1. The van der Waals surface area contributed by atoms with E-state index in [9.17, 15) is 9.59 Å². The molecule has 0 saturated heterocycles. The second-order valence-electron chi connectivity index (χ2n) is 8.23. The van der Waals surface area contributed by atoms with Crippen LogP contribution >= 0.6 is 0 Å². The van der Waals surface area contributed by atoms with E-state index in [4.69, 9.17) is 5.11 Å². The van der Waals surface area contributed by atoms with Gasteiger partial charge in [-0.2, -0.15) is 5.10 Å². The number of nitrogens with zero attached hydrogens (tertiary/aromatic N) is 2. The highest BCUT2D eigenvalue weighted by atomic mass is 16.4. The Morgan fingerprint density at radius 1 is 1.11 bits per heavy atom. The van der Waals surface area contributed by atoms with Gasteiger partial charge >= 0.3 is 5.97 Å². The van der Waals surface area contributed by atoms with Crippen LogP contribution in [0.2, 0.25) is 0 Å². The van der Waals surface area contributed by atoms with Gasteiger partial charge in [-0.05, 0) is 37.1 Å². The quantitative estimate of drug-likeness (QED) is 0.855. The first-order valence-electron chi connectivity index (χ1n) is 9.50. The zero-order valence-corrected chi connectivity index (χ0v) is 16.2. The molecule has 0 atom stereocenters. The van der Waals surface area contributed by atoms with Gasteiger partial charge in [0, 0.05) is 11.5 Å². The van der Waals surface area contributed by atoms with Crippen molar-refractivity contribution in [2.24, 2.45) is 0 Å². The summed E-state index contributed by atoms with van der Waals surface area (Å²) in [5, 5.41) is 16.7. The smallest absolute Gasteiger partial charge is 0.335 e. The lowest BCUT2D eigenvalue weighted by molar-refractivity contribution is 0.0696. The largest absolute Gasteiger partial charge is 0.478 e. The normalized spacial score (nSPS) is 15.5. The van der Waals surface area contributed by atoms with E-state index in [2.05, 4.69) is 10.4 Å². The molecule has 6 nitrogen and oxygen atoms in total. The minimum Gasteiger partial charge on any atom is -0.478 e. The first-order chi connectivity index (χ1) is 12.8. The van der Waals surface area contributed by atoms with E-state index in [0.717, 1.165) is 37.1 Å². The molecule has 3 rings (SSSR count). The minimum absolute atomic E-state index is 0.0831. The van der Waals surface area contributed by atoms with Gasteiger partial charge in [-0.15, -0.1) is 0 Å². The van der Waals surface area contributed by atoms with E-state index < -0.39 is 5.97 Å². The molecule has 6 heteroatoms. The number of amides is 1. The monoisotopic (exact) mass is 369 g/mol. The number of carboxylic acid groups (broad SMARTS) is 1. The number of carbonyl (C=O) groups excluding carboxylic acids is 1. The van der Waals surface area contributed by atoms with Gasteiger partial charge in [-0.1, -0.05) is 40.0 Å². The van der Waals surface area contributed by atoms with E-state index in [0.29, 0.717) is 5.56 Å². The molecular formula is C21H27N3O3. The fourth-order valence-electron chi connectivity index (χ4n) is 3.69. The van der Waals surface area contributed by atoms with Gasteiger partial charge < -0.3 is 10.4 Å². The fourth-order valence-corrected chi connectivity index (χ4v) is 3.69. The number of hydrogen-bond acceptors (Lipinski definition) is 3. The number of rotatable bonds is 4. The molecule has 0 aliphatic heterocycles. The molecule has 1 aliphatic carbocycles. The summed E-state index contributed by atoms with van der Waals surface area (Å²) < 4.78 is 1.74. The first-order valence-corrected chi connectivity index (χ1v) is 9.50. The molecular weight excluding hydrogens is 342 g/mol. The Labute approximate surface area is 159 Å². The van der Waals surface area contributed by atoms with Gasteiger partial charge in [0.15, 0.2) is 0 Å². The van der Waals surface area contributed by atoms with Gasteiger partial charge in [0.05, 0.1) is 28.7 Å². The number of nitrogens with one attached hydrogen (secondary N) is 1. The Balaban J connectivity index is 1.94. The van der Waals surface area contributed by atoms with E-state index in [1.807, 2.05) is 20.8 Å². The molecule has 1 amide bonds. The first kappa shape index (κ1) is 19.1. The topological polar surface area (TPSA) is 84.2 Å². The Kier molecular flexibility index (Phi) is 5.35. The van der Waals surface area contributed by atoms with Crippen LogP contribution in [0.4, 0.5) is 0 Å². The van der Waals surface area contributed by atoms with Crippen LogP contribution in [0.5, 0.6) is 0 Å². The third-order valence-corrected chi connectivity index (χ3v) is 5.02. The molecule has 1 saturated carbocycles. The van der Waals surface area contributed by atoms with Crippen molar-refractivity contribution in [2.45, 2.75) is 64.3 Å². The second kappa shape index (κ2) is 7.55. The Hall–Kier alpha value is -2.63. The highest BCUT2D eigenvalue weighted by Crippen LogP contribution is 2.29. The van der Waals surface area contributed by atoms with Crippen LogP contribution < -0.4 is 5.32 Å². The molecule has 1 fully saturated rings. The van der Waals surface area contributed by atoms with Crippen LogP contribution in [-0.2, 0) is 5.41 Å². The molecule has 2 aromatic rings. The van der Waals surface area contributed by atoms with E-state index >= 15 is 0 Å². The molecule has 144 valence electrons. The van der Waals surface area contributed by atoms with Crippen molar-refractivity contribution in [3.63, 3.8) is 0 Å². The van der Waals surface area contributed by atoms with E-state index in [1.54, 1.807) is 35.1 Å². The maximum atomic E-state index is 12.9. The standard InChI is InChI=1S/C21H27N3O3/c1-21(2,3)18-17(19(25)23-15-7-5-4-6-8-15)13-22-24(18)16-11-9-14(10-12-16)20(26)27/h9-13,15H,4-8H2,1-3H3,(H,23,25)(H,26,27). The average Bonchev–Trinajstić information content (AvgIpc) is 3.08. The Morgan fingerprint density at radius 3 is 2.30 bits per heavy atom. The number of benzene rings is 1. The number of aromatic nitrogens is 2. The molecule has 1 heterocycles. The zero-order chi connectivity index (χ0) is 19.6. The van der Waals surface area contributed by atoms with Crippen molar-refractivity contribution in [3.05, 3.63) is 47.3 Å². The zero-order valence-electron chi connectivity index (χ0n) is 16.2. The van der Waals surface area contributed by atoms with Gasteiger partial charge in [-0.25, -0.2) is 9.48 Å². The van der Waals surface area contributed by atoms with Crippen LogP contribution in [0.15, 0.2) is 30.5 Å². The molecule has 2 N–H and O–H groups in total. The lowest BCUT2D eigenvalue weighted by atomic mass is 9.88. The van der Waals surface area contributed by atoms with Gasteiger partial charge in [-0.3, -0.25) is 4.79 Å². The summed E-state index contributed by atoms with van der Waals surface area (Å²) in [7, 11) is 0. The van der Waals surface area contributed by atoms with E-state index in [-0.39, 0.29) is 22.9 Å². The minimum atomic E-state index is -0.967. The summed E-state index contributed by atoms with van der Waals surface area (Å²) in [6.07, 6.45) is 7.23. The lowest BCUT2D eigenvalue weighted by Gasteiger charge is -2.25. The van der Waals surface area contributed by atoms with Gasteiger partial charge in [0.2, 0.25) is 0 Å². The molecule has 0 unspecified atom stereocenters. The third-order valence-electron chi connectivity index (χ3n) is 5.02. The molecule has 1 aliphatic rings. The van der Waals surface area contributed by atoms with Crippen LogP contribution in [0, 0.1) is 0 Å². The fraction of sp³-hybridized carbons (Fsp3) is 0.476. The van der Waals surface area contributed by atoms with Gasteiger partial charge in [0.25, 0.3) is 5.91 Å². The highest BCUT2D eigenvalue weighted by molar-refractivity contribution is 5.96. The van der Waals surface area contributed by atoms with Crippen molar-refractivity contribution in [3.8, 4) is 5.69 Å². The SMILES string of the molecule is CC(C)(C)c1c(C(=O)NC2CCCCC2)cnn1-c1ccc(C(=O)O)cc1. The molecule has 1 aromatic carbocycles. The highest BCUT2D eigenvalue weighted by Gasteiger charge is 2.29. The van der Waals surface area contributed by atoms with Crippen LogP contribution in [0.1, 0.15) is 79.3 Å². The predicted octanol–water partition coefficient (Wildman–Crippen LogP) is 3.93.